The molecule has 0 amide bonds. The number of aliphatic hydroxyl groups excluding tert-OH is 1. The summed E-state index contributed by atoms with van der Waals surface area (Å²) in [5, 5.41) is 11.9. The Morgan fingerprint density at radius 1 is 1.36 bits per heavy atom. The van der Waals surface area contributed by atoms with E-state index < -0.39 is 0 Å². The SMILES string of the molecule is CNC(O)CCCCN(C)C. The molecule has 11 heavy (non-hydrogen) atoms. The second-order valence-corrected chi connectivity index (χ2v) is 3.10. The van der Waals surface area contributed by atoms with Gasteiger partial charge in [0.15, 0.2) is 0 Å². The van der Waals surface area contributed by atoms with Gasteiger partial charge in [-0.1, -0.05) is 0 Å². The molecular weight excluding hydrogens is 140 g/mol. The molecule has 0 heterocycles. The highest BCUT2D eigenvalue weighted by molar-refractivity contribution is 4.51. The van der Waals surface area contributed by atoms with E-state index >= 15 is 0 Å². The lowest BCUT2D eigenvalue weighted by Gasteiger charge is -2.11. The second kappa shape index (κ2) is 6.58. The highest BCUT2D eigenvalue weighted by Gasteiger charge is 1.98. The second-order valence-electron chi connectivity index (χ2n) is 3.10. The van der Waals surface area contributed by atoms with E-state index in [2.05, 4.69) is 24.3 Å². The van der Waals surface area contributed by atoms with E-state index in [4.69, 9.17) is 5.11 Å². The third kappa shape index (κ3) is 7.78. The van der Waals surface area contributed by atoms with Gasteiger partial charge in [-0.25, -0.2) is 0 Å². The third-order valence-corrected chi connectivity index (χ3v) is 1.67. The predicted molar refractivity (Wildman–Crippen MR) is 47.5 cm³/mol. The molecule has 0 fully saturated rings. The number of nitrogens with zero attached hydrogens (tertiary/aromatic N) is 1. The lowest BCUT2D eigenvalue weighted by atomic mass is 10.2. The Morgan fingerprint density at radius 2 is 2.00 bits per heavy atom. The number of unbranched alkanes of at least 4 members (excludes halogenated alkanes) is 1. The monoisotopic (exact) mass is 160 g/mol. The van der Waals surface area contributed by atoms with Crippen molar-refractivity contribution in [3.8, 4) is 0 Å². The summed E-state index contributed by atoms with van der Waals surface area (Å²) in [6, 6.07) is 0. The summed E-state index contributed by atoms with van der Waals surface area (Å²) < 4.78 is 0. The quantitative estimate of drug-likeness (QED) is 0.432. The van der Waals surface area contributed by atoms with Crippen LogP contribution in [0.4, 0.5) is 0 Å². The van der Waals surface area contributed by atoms with Crippen molar-refractivity contribution < 1.29 is 5.11 Å². The molecule has 0 radical (unpaired) electrons. The zero-order chi connectivity index (χ0) is 8.69. The highest BCUT2D eigenvalue weighted by atomic mass is 16.3. The maximum atomic E-state index is 9.10. The van der Waals surface area contributed by atoms with Crippen molar-refractivity contribution in [2.75, 3.05) is 27.7 Å². The van der Waals surface area contributed by atoms with E-state index in [1.165, 1.54) is 0 Å². The molecule has 1 unspecified atom stereocenters. The van der Waals surface area contributed by atoms with Crippen LogP contribution in [0.5, 0.6) is 0 Å². The molecule has 0 aromatic rings. The van der Waals surface area contributed by atoms with E-state index in [0.717, 1.165) is 25.8 Å². The number of nitrogens with one attached hydrogen (secondary N) is 1. The average Bonchev–Trinajstić information content (AvgIpc) is 1.97. The number of hydrogen-bond acceptors (Lipinski definition) is 3. The summed E-state index contributed by atoms with van der Waals surface area (Å²) in [6.07, 6.45) is 2.77. The zero-order valence-corrected chi connectivity index (χ0v) is 7.80. The fraction of sp³-hybridized carbons (Fsp3) is 1.00. The first kappa shape index (κ1) is 10.9. The molecule has 0 spiro atoms. The summed E-state index contributed by atoms with van der Waals surface area (Å²) in [5.74, 6) is 0. The van der Waals surface area contributed by atoms with Gasteiger partial charge >= 0.3 is 0 Å². The largest absolute Gasteiger partial charge is 0.379 e. The lowest BCUT2D eigenvalue weighted by molar-refractivity contribution is 0.133. The molecule has 0 aliphatic heterocycles. The molecule has 2 N–H and O–H groups in total. The molecule has 0 rings (SSSR count). The van der Waals surface area contributed by atoms with Crippen LogP contribution < -0.4 is 5.32 Å². The fourth-order valence-electron chi connectivity index (χ4n) is 0.910. The van der Waals surface area contributed by atoms with Crippen molar-refractivity contribution in [3.05, 3.63) is 0 Å². The summed E-state index contributed by atoms with van der Waals surface area (Å²) >= 11 is 0. The molecule has 1 atom stereocenters. The Morgan fingerprint density at radius 3 is 2.45 bits per heavy atom. The summed E-state index contributed by atoms with van der Waals surface area (Å²) in [4.78, 5) is 2.16. The van der Waals surface area contributed by atoms with E-state index in [9.17, 15) is 0 Å². The Bertz CT molecular complexity index is 86.2. The summed E-state index contributed by atoms with van der Waals surface area (Å²) in [6.45, 7) is 1.11. The summed E-state index contributed by atoms with van der Waals surface area (Å²) in [7, 11) is 5.90. The lowest BCUT2D eigenvalue weighted by Crippen LogP contribution is -2.24. The van der Waals surface area contributed by atoms with Crippen molar-refractivity contribution in [2.24, 2.45) is 0 Å². The molecule has 0 aliphatic carbocycles. The number of rotatable bonds is 6. The van der Waals surface area contributed by atoms with Gasteiger partial charge in [0.05, 0.1) is 0 Å². The van der Waals surface area contributed by atoms with E-state index in [-0.39, 0.29) is 6.23 Å². The standard InChI is InChI=1S/C8H20N2O/c1-9-8(11)6-4-5-7-10(2)3/h8-9,11H,4-7H2,1-3H3. The first-order valence-electron chi connectivity index (χ1n) is 4.17. The van der Waals surface area contributed by atoms with Gasteiger partial charge in [0, 0.05) is 0 Å². The number of hydrogen-bond donors (Lipinski definition) is 2. The first-order valence-corrected chi connectivity index (χ1v) is 4.17. The molecule has 3 nitrogen and oxygen atoms in total. The van der Waals surface area contributed by atoms with Gasteiger partial charge in [0.25, 0.3) is 0 Å². The Hall–Kier alpha value is -0.120. The Kier molecular flexibility index (Phi) is 6.51. The van der Waals surface area contributed by atoms with Crippen molar-refractivity contribution in [1.82, 2.24) is 10.2 Å². The molecule has 0 saturated carbocycles. The van der Waals surface area contributed by atoms with Crippen LogP contribution in [0.15, 0.2) is 0 Å². The smallest absolute Gasteiger partial charge is 0.104 e. The van der Waals surface area contributed by atoms with Crippen molar-refractivity contribution in [3.63, 3.8) is 0 Å². The average molecular weight is 160 g/mol. The Balaban J connectivity index is 3.01. The Labute approximate surface area is 69.4 Å². The van der Waals surface area contributed by atoms with Crippen molar-refractivity contribution >= 4 is 0 Å². The highest BCUT2D eigenvalue weighted by Crippen LogP contribution is 1.98. The van der Waals surface area contributed by atoms with Gasteiger partial charge in [-0.15, -0.1) is 0 Å². The van der Waals surface area contributed by atoms with Crippen LogP contribution in [-0.4, -0.2) is 43.9 Å². The van der Waals surface area contributed by atoms with Gasteiger partial charge in [-0.05, 0) is 47.0 Å². The maximum Gasteiger partial charge on any atom is 0.104 e. The maximum absolute atomic E-state index is 9.10. The predicted octanol–water partition coefficient (Wildman–Crippen LogP) is 0.256. The van der Waals surface area contributed by atoms with E-state index in [1.807, 2.05) is 0 Å². The minimum atomic E-state index is -0.322. The zero-order valence-electron chi connectivity index (χ0n) is 7.80. The molecule has 0 bridgehead atoms. The molecule has 68 valence electrons. The molecule has 0 aromatic heterocycles. The van der Waals surface area contributed by atoms with Gasteiger partial charge in [-0.2, -0.15) is 0 Å². The normalized spacial score (nSPS) is 13.9. The molecular formula is C8H20N2O. The van der Waals surface area contributed by atoms with Crippen LogP contribution in [0.1, 0.15) is 19.3 Å². The van der Waals surface area contributed by atoms with Crippen LogP contribution in [0.3, 0.4) is 0 Å². The fourth-order valence-corrected chi connectivity index (χ4v) is 0.910. The molecule has 0 saturated heterocycles. The molecule has 0 aromatic carbocycles. The minimum Gasteiger partial charge on any atom is -0.379 e. The first-order chi connectivity index (χ1) is 5.16. The van der Waals surface area contributed by atoms with Gasteiger partial charge < -0.3 is 10.0 Å². The van der Waals surface area contributed by atoms with E-state index in [0.29, 0.717) is 0 Å². The van der Waals surface area contributed by atoms with Crippen LogP contribution in [-0.2, 0) is 0 Å². The van der Waals surface area contributed by atoms with Gasteiger partial charge in [0.2, 0.25) is 0 Å². The molecule has 0 aliphatic rings. The van der Waals surface area contributed by atoms with Crippen molar-refractivity contribution in [2.45, 2.75) is 25.5 Å². The van der Waals surface area contributed by atoms with Crippen LogP contribution in [0.25, 0.3) is 0 Å². The van der Waals surface area contributed by atoms with Crippen LogP contribution in [0.2, 0.25) is 0 Å². The molecule has 3 heteroatoms. The van der Waals surface area contributed by atoms with Crippen molar-refractivity contribution in [1.29, 1.82) is 0 Å². The van der Waals surface area contributed by atoms with E-state index in [1.54, 1.807) is 7.05 Å². The van der Waals surface area contributed by atoms with Gasteiger partial charge in [-0.3, -0.25) is 5.32 Å². The topological polar surface area (TPSA) is 35.5 Å². The summed E-state index contributed by atoms with van der Waals surface area (Å²) in [5.41, 5.74) is 0. The van der Waals surface area contributed by atoms with Crippen LogP contribution in [0, 0.1) is 0 Å². The number of aliphatic hydroxyl groups is 1. The van der Waals surface area contributed by atoms with Crippen LogP contribution >= 0.6 is 0 Å². The third-order valence-electron chi connectivity index (χ3n) is 1.67. The minimum absolute atomic E-state index is 0.322. The van der Waals surface area contributed by atoms with Gasteiger partial charge in [0.1, 0.15) is 6.23 Å².